The molecule has 2 rings (SSSR count). The van der Waals surface area contributed by atoms with Gasteiger partial charge in [-0.1, -0.05) is 13.8 Å². The molecule has 1 aromatic heterocycles. The summed E-state index contributed by atoms with van der Waals surface area (Å²) in [6, 6.07) is 4.46. The van der Waals surface area contributed by atoms with Gasteiger partial charge in [-0.2, -0.15) is 0 Å². The minimum Gasteiger partial charge on any atom is -0.378 e. The molecule has 2 unspecified atom stereocenters. The fourth-order valence-corrected chi connectivity index (χ4v) is 3.02. The maximum Gasteiger partial charge on any atom is 0.193 e. The first-order valence-electron chi connectivity index (χ1n) is 7.46. The van der Waals surface area contributed by atoms with Gasteiger partial charge in [0.25, 0.3) is 0 Å². The second-order valence-electron chi connectivity index (χ2n) is 6.66. The van der Waals surface area contributed by atoms with Crippen molar-refractivity contribution in [2.45, 2.75) is 45.4 Å². The molecule has 1 fully saturated rings. The van der Waals surface area contributed by atoms with Crippen LogP contribution in [-0.4, -0.2) is 48.7 Å². The molecule has 0 aromatic carbocycles. The van der Waals surface area contributed by atoms with Gasteiger partial charge < -0.3 is 19.9 Å². The fraction of sp³-hybridized carbons (Fsp3) is 0.688. The first kappa shape index (κ1) is 15.9. The molecule has 118 valence electrons. The third-order valence-electron chi connectivity index (χ3n) is 5.22. The Kier molecular flexibility index (Phi) is 4.33. The molecule has 2 N–H and O–H groups in total. The van der Waals surface area contributed by atoms with Gasteiger partial charge >= 0.3 is 0 Å². The lowest BCUT2D eigenvalue weighted by molar-refractivity contribution is -0.176. The van der Waals surface area contributed by atoms with Crippen molar-refractivity contribution in [1.82, 2.24) is 15.2 Å². The molecule has 1 heterocycles. The summed E-state index contributed by atoms with van der Waals surface area (Å²) < 4.78 is 5.68. The van der Waals surface area contributed by atoms with Crippen molar-refractivity contribution in [2.75, 3.05) is 21.2 Å². The topological polar surface area (TPSA) is 52.7 Å². The Hall–Kier alpha value is -1.49. The van der Waals surface area contributed by atoms with Crippen LogP contribution in [0, 0.1) is 5.41 Å². The van der Waals surface area contributed by atoms with Crippen LogP contribution < -0.4 is 5.32 Å². The molecule has 0 saturated heterocycles. The highest BCUT2D eigenvalue weighted by Crippen LogP contribution is 2.51. The number of H-pyrrole nitrogens is 1. The number of aromatic nitrogens is 1. The van der Waals surface area contributed by atoms with Crippen molar-refractivity contribution in [3.63, 3.8) is 0 Å². The Bertz CT molecular complexity index is 494. The Balaban J connectivity index is 1.98. The number of nitrogens with zero attached hydrogens (tertiary/aromatic N) is 2. The number of hydrogen-bond acceptors (Lipinski definition) is 2. The number of rotatable bonds is 4. The minimum absolute atomic E-state index is 0.0679. The molecular formula is C16H28N4O. The number of ether oxygens (including phenoxy) is 1. The Labute approximate surface area is 127 Å². The predicted molar refractivity (Wildman–Crippen MR) is 86.4 cm³/mol. The van der Waals surface area contributed by atoms with Gasteiger partial charge in [0.15, 0.2) is 5.96 Å². The molecule has 5 nitrogen and oxygen atoms in total. The molecule has 0 amide bonds. The van der Waals surface area contributed by atoms with Crippen molar-refractivity contribution >= 4 is 5.96 Å². The molecule has 1 aromatic rings. The smallest absolute Gasteiger partial charge is 0.193 e. The highest BCUT2D eigenvalue weighted by molar-refractivity contribution is 5.80. The Morgan fingerprint density at radius 3 is 2.71 bits per heavy atom. The molecule has 0 aliphatic heterocycles. The highest BCUT2D eigenvalue weighted by Gasteiger charge is 2.58. The Morgan fingerprint density at radius 1 is 1.52 bits per heavy atom. The summed E-state index contributed by atoms with van der Waals surface area (Å²) >= 11 is 0. The van der Waals surface area contributed by atoms with E-state index in [2.05, 4.69) is 54.1 Å². The van der Waals surface area contributed by atoms with Crippen LogP contribution in [0.2, 0.25) is 0 Å². The van der Waals surface area contributed by atoms with E-state index in [1.165, 1.54) is 5.69 Å². The van der Waals surface area contributed by atoms with Crippen LogP contribution >= 0.6 is 0 Å². The number of hydrogen-bond donors (Lipinski definition) is 2. The molecule has 1 aliphatic carbocycles. The molecule has 2 atom stereocenters. The summed E-state index contributed by atoms with van der Waals surface area (Å²) in [4.78, 5) is 9.76. The normalized spacial score (nSPS) is 28.1. The number of guanidine groups is 1. The monoisotopic (exact) mass is 292 g/mol. The largest absolute Gasteiger partial charge is 0.378 e. The van der Waals surface area contributed by atoms with Crippen LogP contribution in [-0.2, 0) is 11.3 Å². The summed E-state index contributed by atoms with van der Waals surface area (Å²) in [5.74, 6) is 0.917. The fourth-order valence-electron chi connectivity index (χ4n) is 3.02. The SMILES string of the molecule is CN=C(NC1CC(C)(OC)C1(C)C)N(C)Cc1ccc[nH]1. The number of aliphatic imine (C=N–C) groups is 1. The van der Waals surface area contributed by atoms with E-state index in [0.29, 0.717) is 6.04 Å². The zero-order chi connectivity index (χ0) is 15.7. The minimum atomic E-state index is -0.0679. The van der Waals surface area contributed by atoms with Crippen molar-refractivity contribution in [3.05, 3.63) is 24.0 Å². The second-order valence-corrected chi connectivity index (χ2v) is 6.66. The van der Waals surface area contributed by atoms with Gasteiger partial charge in [-0.15, -0.1) is 0 Å². The third-order valence-corrected chi connectivity index (χ3v) is 5.22. The highest BCUT2D eigenvalue weighted by atomic mass is 16.5. The van der Waals surface area contributed by atoms with E-state index in [-0.39, 0.29) is 11.0 Å². The van der Waals surface area contributed by atoms with Crippen molar-refractivity contribution in [3.8, 4) is 0 Å². The van der Waals surface area contributed by atoms with Crippen LogP contribution in [0.5, 0.6) is 0 Å². The maximum atomic E-state index is 5.68. The van der Waals surface area contributed by atoms with Crippen LogP contribution in [0.4, 0.5) is 0 Å². The quantitative estimate of drug-likeness (QED) is 0.661. The van der Waals surface area contributed by atoms with E-state index in [4.69, 9.17) is 4.74 Å². The van der Waals surface area contributed by atoms with E-state index in [9.17, 15) is 0 Å². The van der Waals surface area contributed by atoms with E-state index in [1.54, 1.807) is 7.11 Å². The lowest BCUT2D eigenvalue weighted by Crippen LogP contribution is -2.69. The number of nitrogens with one attached hydrogen (secondary N) is 2. The van der Waals surface area contributed by atoms with Crippen molar-refractivity contribution in [2.24, 2.45) is 10.4 Å². The van der Waals surface area contributed by atoms with Gasteiger partial charge in [-0.25, -0.2) is 0 Å². The molecule has 0 bridgehead atoms. The zero-order valence-electron chi connectivity index (χ0n) is 14.0. The third kappa shape index (κ3) is 2.79. The van der Waals surface area contributed by atoms with E-state index < -0.39 is 0 Å². The molecular weight excluding hydrogens is 264 g/mol. The number of aromatic amines is 1. The van der Waals surface area contributed by atoms with Crippen LogP contribution in [0.15, 0.2) is 23.3 Å². The molecule has 5 heteroatoms. The van der Waals surface area contributed by atoms with Crippen LogP contribution in [0.1, 0.15) is 32.9 Å². The van der Waals surface area contributed by atoms with Crippen molar-refractivity contribution in [1.29, 1.82) is 0 Å². The molecule has 0 radical (unpaired) electrons. The Morgan fingerprint density at radius 2 is 2.24 bits per heavy atom. The van der Waals surface area contributed by atoms with Gasteiger partial charge in [-0.05, 0) is 25.5 Å². The molecule has 1 saturated carbocycles. The standard InChI is InChI=1S/C16H28N4O/c1-15(2)13(10-16(15,3)21-6)19-14(17-4)20(5)11-12-8-7-9-18-12/h7-9,13,18H,10-11H2,1-6H3,(H,17,19). The van der Waals surface area contributed by atoms with E-state index in [0.717, 1.165) is 18.9 Å². The summed E-state index contributed by atoms with van der Waals surface area (Å²) in [5.41, 5.74) is 1.18. The van der Waals surface area contributed by atoms with Crippen molar-refractivity contribution < 1.29 is 4.74 Å². The lowest BCUT2D eigenvalue weighted by Gasteiger charge is -2.59. The van der Waals surface area contributed by atoms with E-state index >= 15 is 0 Å². The maximum absolute atomic E-state index is 5.68. The van der Waals surface area contributed by atoms with Gasteiger partial charge in [-0.3, -0.25) is 4.99 Å². The summed E-state index contributed by atoms with van der Waals surface area (Å²) in [6.45, 7) is 7.48. The first-order valence-corrected chi connectivity index (χ1v) is 7.46. The van der Waals surface area contributed by atoms with Gasteiger partial charge in [0.05, 0.1) is 12.1 Å². The lowest BCUT2D eigenvalue weighted by atomic mass is 9.56. The van der Waals surface area contributed by atoms with Gasteiger partial charge in [0, 0.05) is 44.6 Å². The number of methoxy groups -OCH3 is 1. The van der Waals surface area contributed by atoms with Gasteiger partial charge in [0.1, 0.15) is 0 Å². The van der Waals surface area contributed by atoms with Gasteiger partial charge in [0.2, 0.25) is 0 Å². The summed E-state index contributed by atoms with van der Waals surface area (Å²) in [5, 5.41) is 3.58. The molecule has 1 aliphatic rings. The zero-order valence-corrected chi connectivity index (χ0v) is 14.0. The summed E-state index contributed by atoms with van der Waals surface area (Å²) in [6.07, 6.45) is 2.93. The van der Waals surface area contributed by atoms with Crippen LogP contribution in [0.25, 0.3) is 0 Å². The predicted octanol–water partition coefficient (Wildman–Crippen LogP) is 2.23. The molecule has 0 spiro atoms. The summed E-state index contributed by atoms with van der Waals surface area (Å²) in [7, 11) is 5.68. The van der Waals surface area contributed by atoms with E-state index in [1.807, 2.05) is 19.3 Å². The second kappa shape index (κ2) is 5.72. The molecule has 21 heavy (non-hydrogen) atoms. The first-order chi connectivity index (χ1) is 9.84. The average molecular weight is 292 g/mol. The van der Waals surface area contributed by atoms with Crippen LogP contribution in [0.3, 0.4) is 0 Å². The average Bonchev–Trinajstić information content (AvgIpc) is 2.95.